The summed E-state index contributed by atoms with van der Waals surface area (Å²) in [7, 11) is -2.35. The Morgan fingerprint density at radius 1 is 1.26 bits per heavy atom. The second-order valence-corrected chi connectivity index (χ2v) is 8.59. The first-order valence-corrected chi connectivity index (χ1v) is 10.8. The lowest BCUT2D eigenvalue weighted by Crippen LogP contribution is -2.34. The maximum atomic E-state index is 13.4. The van der Waals surface area contributed by atoms with Crippen molar-refractivity contribution in [2.75, 3.05) is 25.6 Å². The van der Waals surface area contributed by atoms with Crippen molar-refractivity contribution in [2.24, 2.45) is 0 Å². The van der Waals surface area contributed by atoms with E-state index in [4.69, 9.17) is 9.47 Å². The van der Waals surface area contributed by atoms with Gasteiger partial charge < -0.3 is 19.9 Å². The molecule has 0 radical (unpaired) electrons. The summed E-state index contributed by atoms with van der Waals surface area (Å²) in [5, 5.41) is 12.8. The van der Waals surface area contributed by atoms with Gasteiger partial charge in [0.25, 0.3) is 0 Å². The van der Waals surface area contributed by atoms with Crippen LogP contribution in [-0.2, 0) is 20.9 Å². The standard InChI is InChI=1S/C18H21F3N4O5S/c1-22-31(27,28)12-6-4-11(5-7-12)24-17-23-9-13(18(19,20)21)16(25-17)30-15-3-2-8-29-10-14(15)26/h4-7,9,14-15,22,26H,2-3,8,10H2,1H3,(H,23,24,25)/t14-,15-/m0/s1. The van der Waals surface area contributed by atoms with Crippen molar-refractivity contribution < 1.29 is 36.2 Å². The molecule has 1 aliphatic heterocycles. The van der Waals surface area contributed by atoms with Crippen molar-refractivity contribution in [1.82, 2.24) is 14.7 Å². The fourth-order valence-corrected chi connectivity index (χ4v) is 3.58. The Balaban J connectivity index is 1.86. The van der Waals surface area contributed by atoms with Gasteiger partial charge in [-0.3, -0.25) is 0 Å². The smallest absolute Gasteiger partial charge is 0.423 e. The number of ether oxygens (including phenoxy) is 2. The summed E-state index contributed by atoms with van der Waals surface area (Å²) in [5.41, 5.74) is -0.825. The highest BCUT2D eigenvalue weighted by atomic mass is 32.2. The number of sulfonamides is 1. The van der Waals surface area contributed by atoms with Gasteiger partial charge in [0.15, 0.2) is 0 Å². The second kappa shape index (κ2) is 9.34. The summed E-state index contributed by atoms with van der Waals surface area (Å²) < 4.78 is 76.5. The average Bonchev–Trinajstić information content (AvgIpc) is 2.92. The zero-order valence-corrected chi connectivity index (χ0v) is 17.2. The molecule has 0 amide bonds. The lowest BCUT2D eigenvalue weighted by molar-refractivity contribution is -0.140. The first-order valence-electron chi connectivity index (χ1n) is 9.27. The molecular weight excluding hydrogens is 441 g/mol. The van der Waals surface area contributed by atoms with Gasteiger partial charge in [-0.25, -0.2) is 18.1 Å². The number of halogens is 3. The van der Waals surface area contributed by atoms with Crippen LogP contribution in [0.25, 0.3) is 0 Å². The topological polar surface area (TPSA) is 123 Å². The summed E-state index contributed by atoms with van der Waals surface area (Å²) in [4.78, 5) is 7.53. The molecule has 1 fully saturated rings. The molecule has 0 aliphatic carbocycles. The van der Waals surface area contributed by atoms with E-state index in [1.165, 1.54) is 31.3 Å². The van der Waals surface area contributed by atoms with E-state index in [9.17, 15) is 26.7 Å². The van der Waals surface area contributed by atoms with Crippen LogP contribution in [0.2, 0.25) is 0 Å². The number of nitrogens with zero attached hydrogens (tertiary/aromatic N) is 2. The molecule has 2 aromatic rings. The van der Waals surface area contributed by atoms with Crippen LogP contribution in [-0.4, -0.2) is 56.0 Å². The van der Waals surface area contributed by atoms with Gasteiger partial charge in [-0.15, -0.1) is 0 Å². The Labute approximate surface area is 176 Å². The molecule has 170 valence electrons. The van der Waals surface area contributed by atoms with Crippen LogP contribution in [0.1, 0.15) is 18.4 Å². The van der Waals surface area contributed by atoms with Gasteiger partial charge in [0.2, 0.25) is 21.9 Å². The minimum absolute atomic E-state index is 0.0162. The van der Waals surface area contributed by atoms with E-state index in [0.29, 0.717) is 31.3 Å². The number of hydrogen-bond acceptors (Lipinski definition) is 8. The van der Waals surface area contributed by atoms with Crippen molar-refractivity contribution in [3.63, 3.8) is 0 Å². The molecule has 0 bridgehead atoms. The van der Waals surface area contributed by atoms with Gasteiger partial charge in [0.1, 0.15) is 17.8 Å². The van der Waals surface area contributed by atoms with E-state index >= 15 is 0 Å². The van der Waals surface area contributed by atoms with Gasteiger partial charge in [-0.1, -0.05) is 0 Å². The van der Waals surface area contributed by atoms with E-state index in [-0.39, 0.29) is 17.5 Å². The van der Waals surface area contributed by atoms with E-state index in [1.807, 2.05) is 0 Å². The number of alkyl halides is 3. The van der Waals surface area contributed by atoms with Crippen molar-refractivity contribution >= 4 is 21.7 Å². The van der Waals surface area contributed by atoms with Crippen LogP contribution in [0.5, 0.6) is 5.88 Å². The van der Waals surface area contributed by atoms with Gasteiger partial charge in [-0.05, 0) is 44.2 Å². The quantitative estimate of drug-likeness (QED) is 0.596. The molecule has 2 atom stereocenters. The third-order valence-electron chi connectivity index (χ3n) is 4.51. The molecule has 0 spiro atoms. The molecule has 0 unspecified atom stereocenters. The number of anilines is 2. The Morgan fingerprint density at radius 3 is 2.61 bits per heavy atom. The van der Waals surface area contributed by atoms with Crippen molar-refractivity contribution in [3.05, 3.63) is 36.0 Å². The molecule has 9 nitrogen and oxygen atoms in total. The fraction of sp³-hybridized carbons (Fsp3) is 0.444. The van der Waals surface area contributed by atoms with Crippen LogP contribution in [0.3, 0.4) is 0 Å². The maximum Gasteiger partial charge on any atom is 0.423 e. The Kier molecular flexibility index (Phi) is 6.99. The van der Waals surface area contributed by atoms with Crippen molar-refractivity contribution in [3.8, 4) is 5.88 Å². The molecule has 13 heteroatoms. The minimum atomic E-state index is -4.76. The third kappa shape index (κ3) is 5.81. The SMILES string of the molecule is CNS(=O)(=O)c1ccc(Nc2ncc(C(F)(F)F)c(O[C@H]3CCCOC[C@@H]3O)n2)cc1. The average molecular weight is 462 g/mol. The lowest BCUT2D eigenvalue weighted by Gasteiger charge is -2.23. The number of nitrogens with one attached hydrogen (secondary N) is 2. The highest BCUT2D eigenvalue weighted by Crippen LogP contribution is 2.36. The van der Waals surface area contributed by atoms with Gasteiger partial charge in [-0.2, -0.15) is 18.2 Å². The number of aliphatic hydroxyl groups excluding tert-OH is 1. The number of aliphatic hydroxyl groups is 1. The number of hydrogen-bond donors (Lipinski definition) is 3. The first-order chi connectivity index (χ1) is 14.6. The molecule has 2 heterocycles. The molecule has 1 aromatic carbocycles. The van der Waals surface area contributed by atoms with Crippen LogP contribution in [0.4, 0.5) is 24.8 Å². The van der Waals surface area contributed by atoms with Crippen LogP contribution < -0.4 is 14.8 Å². The molecule has 0 saturated carbocycles. The van der Waals surface area contributed by atoms with Gasteiger partial charge in [0.05, 0.1) is 11.5 Å². The van der Waals surface area contributed by atoms with Crippen LogP contribution >= 0.6 is 0 Å². The predicted octanol–water partition coefficient (Wildman–Crippen LogP) is 2.07. The van der Waals surface area contributed by atoms with Gasteiger partial charge in [0, 0.05) is 18.5 Å². The summed E-state index contributed by atoms with van der Waals surface area (Å²) in [5.74, 6) is -0.906. The minimum Gasteiger partial charge on any atom is -0.471 e. The summed E-state index contributed by atoms with van der Waals surface area (Å²) in [6, 6.07) is 5.46. The first kappa shape index (κ1) is 23.2. The Hall–Kier alpha value is -2.48. The normalized spacial score (nSPS) is 20.2. The van der Waals surface area contributed by atoms with Crippen molar-refractivity contribution in [1.29, 1.82) is 0 Å². The van der Waals surface area contributed by atoms with E-state index in [2.05, 4.69) is 20.0 Å². The second-order valence-electron chi connectivity index (χ2n) is 6.71. The lowest BCUT2D eigenvalue weighted by atomic mass is 10.1. The van der Waals surface area contributed by atoms with E-state index < -0.39 is 39.9 Å². The molecule has 1 saturated heterocycles. The van der Waals surface area contributed by atoms with Crippen LogP contribution in [0.15, 0.2) is 35.4 Å². The molecule has 31 heavy (non-hydrogen) atoms. The summed E-state index contributed by atoms with van der Waals surface area (Å²) in [6.07, 6.45) is -5.38. The third-order valence-corrected chi connectivity index (χ3v) is 5.94. The number of benzene rings is 1. The van der Waals surface area contributed by atoms with Gasteiger partial charge >= 0.3 is 6.18 Å². The Morgan fingerprint density at radius 2 is 1.97 bits per heavy atom. The summed E-state index contributed by atoms with van der Waals surface area (Å²) in [6.45, 7) is 0.322. The highest BCUT2D eigenvalue weighted by Gasteiger charge is 2.38. The Bertz CT molecular complexity index is 1000. The van der Waals surface area contributed by atoms with Crippen LogP contribution in [0, 0.1) is 0 Å². The molecule has 1 aliphatic rings. The largest absolute Gasteiger partial charge is 0.471 e. The number of aromatic nitrogens is 2. The highest BCUT2D eigenvalue weighted by molar-refractivity contribution is 7.89. The summed E-state index contributed by atoms with van der Waals surface area (Å²) >= 11 is 0. The van der Waals surface area contributed by atoms with E-state index in [1.54, 1.807) is 0 Å². The zero-order chi connectivity index (χ0) is 22.6. The van der Waals surface area contributed by atoms with E-state index in [0.717, 1.165) is 0 Å². The number of rotatable bonds is 6. The maximum absolute atomic E-state index is 13.4. The molecular formula is C18H21F3N4O5S. The zero-order valence-electron chi connectivity index (χ0n) is 16.4. The molecule has 1 aromatic heterocycles. The van der Waals surface area contributed by atoms with Crippen molar-refractivity contribution in [2.45, 2.75) is 36.1 Å². The molecule has 3 N–H and O–H groups in total. The predicted molar refractivity (Wildman–Crippen MR) is 103 cm³/mol. The molecule has 3 rings (SSSR count). The fourth-order valence-electron chi connectivity index (χ4n) is 2.85. The monoisotopic (exact) mass is 462 g/mol.